The van der Waals surface area contributed by atoms with Gasteiger partial charge in [-0.1, -0.05) is 0 Å². The number of aliphatic hydroxyl groups is 1. The summed E-state index contributed by atoms with van der Waals surface area (Å²) in [4.78, 5) is 22.5. The van der Waals surface area contributed by atoms with E-state index in [4.69, 9.17) is 5.11 Å². The van der Waals surface area contributed by atoms with Crippen LogP contribution in [0.2, 0.25) is 0 Å². The molecule has 0 aliphatic rings. The zero-order valence-electron chi connectivity index (χ0n) is 10.7. The van der Waals surface area contributed by atoms with E-state index < -0.39 is 11.8 Å². The highest BCUT2D eigenvalue weighted by Crippen LogP contribution is 2.23. The fourth-order valence-electron chi connectivity index (χ4n) is 2.11. The van der Waals surface area contributed by atoms with Crippen LogP contribution in [0.25, 0.3) is 10.9 Å². The number of carboxylic acids is 1. The van der Waals surface area contributed by atoms with Crippen LogP contribution in [0.3, 0.4) is 0 Å². The van der Waals surface area contributed by atoms with Crippen LogP contribution in [-0.2, 0) is 11.4 Å². The zero-order chi connectivity index (χ0) is 14.7. The van der Waals surface area contributed by atoms with E-state index in [-0.39, 0.29) is 31.8 Å². The fourth-order valence-corrected chi connectivity index (χ4v) is 2.11. The summed E-state index contributed by atoms with van der Waals surface area (Å²) in [5.41, 5.74) is 0.974. The molecule has 0 bridgehead atoms. The number of aliphatic carboxylic acids is 1. The molecule has 1 aromatic heterocycles. The number of nitrogens with zero attached hydrogens (tertiary/aromatic N) is 1. The summed E-state index contributed by atoms with van der Waals surface area (Å²) in [6.45, 7) is -0.296. The molecule has 0 saturated carbocycles. The third-order valence-corrected chi connectivity index (χ3v) is 3.07. The monoisotopic (exact) mass is 279 g/mol. The van der Waals surface area contributed by atoms with Crippen molar-refractivity contribution >= 4 is 22.8 Å². The Bertz CT molecular complexity index is 662. The summed E-state index contributed by atoms with van der Waals surface area (Å²) >= 11 is 0. The molecule has 0 aliphatic carbocycles. The maximum absolute atomic E-state index is 13.2. The Morgan fingerprint density at radius 1 is 1.25 bits per heavy atom. The second-order valence-electron chi connectivity index (χ2n) is 4.48. The summed E-state index contributed by atoms with van der Waals surface area (Å²) in [5.74, 6) is -1.67. The van der Waals surface area contributed by atoms with Gasteiger partial charge in [-0.05, 0) is 24.6 Å². The smallest absolute Gasteiger partial charge is 0.303 e. The molecule has 1 aromatic carbocycles. The zero-order valence-corrected chi connectivity index (χ0v) is 10.7. The Balaban J connectivity index is 2.29. The van der Waals surface area contributed by atoms with Crippen molar-refractivity contribution in [3.8, 4) is 0 Å². The van der Waals surface area contributed by atoms with Gasteiger partial charge in [0.1, 0.15) is 5.82 Å². The summed E-state index contributed by atoms with van der Waals surface area (Å²) in [5, 5.41) is 18.3. The van der Waals surface area contributed by atoms with Gasteiger partial charge < -0.3 is 10.2 Å². The van der Waals surface area contributed by atoms with E-state index in [1.54, 1.807) is 0 Å². The molecule has 20 heavy (non-hydrogen) atoms. The molecule has 0 radical (unpaired) electrons. The van der Waals surface area contributed by atoms with Crippen molar-refractivity contribution in [2.24, 2.45) is 0 Å². The Morgan fingerprint density at radius 3 is 2.65 bits per heavy atom. The van der Waals surface area contributed by atoms with Gasteiger partial charge in [-0.15, -0.1) is 0 Å². The number of rotatable bonds is 5. The molecular formula is C14H14FNO4. The number of fused-ring (bicyclic) bond motifs is 1. The molecule has 0 fully saturated rings. The lowest BCUT2D eigenvalue weighted by atomic mass is 10.2. The van der Waals surface area contributed by atoms with Crippen LogP contribution in [0.5, 0.6) is 0 Å². The van der Waals surface area contributed by atoms with E-state index in [2.05, 4.69) is 0 Å². The number of aliphatic hydroxyl groups excluding tert-OH is 1. The van der Waals surface area contributed by atoms with Crippen LogP contribution < -0.4 is 0 Å². The molecule has 0 atom stereocenters. The number of halogens is 1. The van der Waals surface area contributed by atoms with Gasteiger partial charge in [-0.25, -0.2) is 4.39 Å². The largest absolute Gasteiger partial charge is 0.481 e. The standard InChI is InChI=1S/C14H14FNO4/c15-10-4-5-12-11(6-10)9(8-17)7-16(12)13(18)2-1-3-14(19)20/h4-7,17H,1-3,8H2,(H,19,20). The van der Waals surface area contributed by atoms with Gasteiger partial charge in [0.05, 0.1) is 12.1 Å². The van der Waals surface area contributed by atoms with Crippen molar-refractivity contribution in [2.45, 2.75) is 25.9 Å². The molecule has 6 heteroatoms. The molecule has 2 N–H and O–H groups in total. The highest BCUT2D eigenvalue weighted by Gasteiger charge is 2.14. The third-order valence-electron chi connectivity index (χ3n) is 3.07. The van der Waals surface area contributed by atoms with Gasteiger partial charge >= 0.3 is 5.97 Å². The predicted octanol–water partition coefficient (Wildman–Crippen LogP) is 2.17. The van der Waals surface area contributed by atoms with Crippen molar-refractivity contribution in [3.63, 3.8) is 0 Å². The molecular weight excluding hydrogens is 265 g/mol. The van der Waals surface area contributed by atoms with E-state index in [0.29, 0.717) is 16.5 Å². The van der Waals surface area contributed by atoms with Crippen molar-refractivity contribution in [1.82, 2.24) is 4.57 Å². The quantitative estimate of drug-likeness (QED) is 0.879. The van der Waals surface area contributed by atoms with Crippen LogP contribution in [0.1, 0.15) is 29.6 Å². The lowest BCUT2D eigenvalue weighted by Gasteiger charge is -2.03. The molecule has 1 heterocycles. The number of carbonyl (C=O) groups excluding carboxylic acids is 1. The Kier molecular flexibility index (Phi) is 4.14. The van der Waals surface area contributed by atoms with Gasteiger partial charge in [0.2, 0.25) is 5.91 Å². The molecule has 5 nitrogen and oxygen atoms in total. The van der Waals surface area contributed by atoms with E-state index in [1.807, 2.05) is 0 Å². The van der Waals surface area contributed by atoms with E-state index in [9.17, 15) is 19.1 Å². The number of hydrogen-bond donors (Lipinski definition) is 2. The van der Waals surface area contributed by atoms with Crippen molar-refractivity contribution < 1.29 is 24.2 Å². The first-order chi connectivity index (χ1) is 9.52. The van der Waals surface area contributed by atoms with Crippen LogP contribution in [0.4, 0.5) is 4.39 Å². The van der Waals surface area contributed by atoms with E-state index in [0.717, 1.165) is 0 Å². The molecule has 2 rings (SSSR count). The highest BCUT2D eigenvalue weighted by molar-refractivity contribution is 5.94. The van der Waals surface area contributed by atoms with Gasteiger partial charge in [-0.2, -0.15) is 0 Å². The molecule has 0 amide bonds. The normalized spacial score (nSPS) is 10.9. The first kappa shape index (κ1) is 14.2. The lowest BCUT2D eigenvalue weighted by molar-refractivity contribution is -0.137. The SMILES string of the molecule is O=C(O)CCCC(=O)n1cc(CO)c2cc(F)ccc21. The Hall–Kier alpha value is -2.21. The molecule has 0 spiro atoms. The summed E-state index contributed by atoms with van der Waals surface area (Å²) in [6.07, 6.45) is 1.71. The summed E-state index contributed by atoms with van der Waals surface area (Å²) in [6, 6.07) is 3.98. The van der Waals surface area contributed by atoms with E-state index >= 15 is 0 Å². The maximum atomic E-state index is 13.2. The number of benzene rings is 1. The minimum atomic E-state index is -0.951. The first-order valence-corrected chi connectivity index (χ1v) is 6.18. The van der Waals surface area contributed by atoms with Crippen molar-refractivity contribution in [2.75, 3.05) is 0 Å². The minimum Gasteiger partial charge on any atom is -0.481 e. The first-order valence-electron chi connectivity index (χ1n) is 6.18. The predicted molar refractivity (Wildman–Crippen MR) is 69.9 cm³/mol. The summed E-state index contributed by atoms with van der Waals surface area (Å²) in [7, 11) is 0. The number of hydrogen-bond acceptors (Lipinski definition) is 3. The molecule has 2 aromatic rings. The van der Waals surface area contributed by atoms with Crippen LogP contribution in [-0.4, -0.2) is 26.7 Å². The average molecular weight is 279 g/mol. The van der Waals surface area contributed by atoms with Crippen LogP contribution in [0.15, 0.2) is 24.4 Å². The highest BCUT2D eigenvalue weighted by atomic mass is 19.1. The lowest BCUT2D eigenvalue weighted by Crippen LogP contribution is -2.09. The topological polar surface area (TPSA) is 79.5 Å². The maximum Gasteiger partial charge on any atom is 0.303 e. The van der Waals surface area contributed by atoms with Gasteiger partial charge in [0, 0.05) is 30.0 Å². The number of aromatic nitrogens is 1. The summed E-state index contributed by atoms with van der Waals surface area (Å²) < 4.78 is 14.5. The van der Waals surface area contributed by atoms with Crippen molar-refractivity contribution in [1.29, 1.82) is 0 Å². The molecule has 0 unspecified atom stereocenters. The van der Waals surface area contributed by atoms with Crippen molar-refractivity contribution in [3.05, 3.63) is 35.8 Å². The van der Waals surface area contributed by atoms with Gasteiger partial charge in [0.15, 0.2) is 0 Å². The Labute approximate surface area is 114 Å². The van der Waals surface area contributed by atoms with Crippen LogP contribution in [0, 0.1) is 5.82 Å². The van der Waals surface area contributed by atoms with E-state index in [1.165, 1.54) is 29.0 Å². The second-order valence-corrected chi connectivity index (χ2v) is 4.48. The average Bonchev–Trinajstić information content (AvgIpc) is 2.76. The molecule has 0 saturated heterocycles. The number of carboxylic acid groups (broad SMARTS) is 1. The fraction of sp³-hybridized carbons (Fsp3) is 0.286. The molecule has 0 aliphatic heterocycles. The van der Waals surface area contributed by atoms with Gasteiger partial charge in [0.25, 0.3) is 0 Å². The second kappa shape index (κ2) is 5.83. The number of carbonyl (C=O) groups is 2. The minimum absolute atomic E-state index is 0.0770. The Morgan fingerprint density at radius 2 is 2.00 bits per heavy atom. The van der Waals surface area contributed by atoms with Gasteiger partial charge in [-0.3, -0.25) is 14.2 Å². The third kappa shape index (κ3) is 2.85. The molecule has 106 valence electrons. The van der Waals surface area contributed by atoms with Crippen LogP contribution >= 0.6 is 0 Å².